The molecule has 0 atom stereocenters. The van der Waals surface area contributed by atoms with Crippen LogP contribution in [0.1, 0.15) is 12.0 Å². The largest absolute Gasteiger partial charge is 0.573 e. The lowest BCUT2D eigenvalue weighted by molar-refractivity contribution is -0.274. The number of amides is 1. The molecular weight excluding hydrogens is 491 g/mol. The molecule has 11 heteroatoms. The van der Waals surface area contributed by atoms with Crippen molar-refractivity contribution in [1.82, 2.24) is 14.8 Å². The number of hydrogen-bond acceptors (Lipinski definition) is 5. The van der Waals surface area contributed by atoms with Crippen LogP contribution in [0.4, 0.5) is 24.5 Å². The van der Waals surface area contributed by atoms with E-state index >= 15 is 0 Å². The number of para-hydroxylation sites is 1. The zero-order chi connectivity index (χ0) is 25.7. The van der Waals surface area contributed by atoms with E-state index in [4.69, 9.17) is 12.2 Å². The van der Waals surface area contributed by atoms with E-state index in [1.54, 1.807) is 24.3 Å². The number of rotatable bonds is 7. The van der Waals surface area contributed by atoms with Crippen molar-refractivity contribution >= 4 is 34.5 Å². The van der Waals surface area contributed by atoms with Crippen LogP contribution < -0.4 is 15.4 Å². The second-order valence-corrected chi connectivity index (χ2v) is 8.21. The normalized spacial score (nSPS) is 11.1. The number of halogens is 3. The molecule has 0 aliphatic carbocycles. The van der Waals surface area contributed by atoms with Gasteiger partial charge in [-0.3, -0.25) is 4.79 Å². The molecule has 4 aromatic rings. The number of nitrogens with zero attached hydrogens (tertiary/aromatic N) is 3. The van der Waals surface area contributed by atoms with Crippen LogP contribution >= 0.6 is 12.2 Å². The summed E-state index contributed by atoms with van der Waals surface area (Å²) in [5, 5.41) is 10.2. The first-order chi connectivity index (χ1) is 17.2. The Balaban J connectivity index is 1.34. The second kappa shape index (κ2) is 10.6. The lowest BCUT2D eigenvalue weighted by Gasteiger charge is -2.11. The summed E-state index contributed by atoms with van der Waals surface area (Å²) in [6, 6.07) is 19.9. The summed E-state index contributed by atoms with van der Waals surface area (Å²) in [6.45, 7) is 1.95. The first kappa shape index (κ1) is 24.9. The van der Waals surface area contributed by atoms with Crippen LogP contribution in [0, 0.1) is 6.92 Å². The van der Waals surface area contributed by atoms with Gasteiger partial charge in [0.2, 0.25) is 5.91 Å². The summed E-state index contributed by atoms with van der Waals surface area (Å²) >= 11 is 5.30. The topological polar surface area (TPSA) is 81.1 Å². The third kappa shape index (κ3) is 6.66. The van der Waals surface area contributed by atoms with Crippen LogP contribution in [0.25, 0.3) is 17.1 Å². The van der Waals surface area contributed by atoms with E-state index in [0.717, 1.165) is 11.3 Å². The van der Waals surface area contributed by atoms with Gasteiger partial charge in [0.25, 0.3) is 0 Å². The zero-order valence-corrected chi connectivity index (χ0v) is 19.7. The number of alkyl halides is 3. The monoisotopic (exact) mass is 511 g/mol. The molecule has 1 aromatic heterocycles. The Morgan fingerprint density at radius 2 is 1.69 bits per heavy atom. The maximum Gasteiger partial charge on any atom is 0.573 e. The van der Waals surface area contributed by atoms with Crippen LogP contribution in [-0.2, 0) is 4.79 Å². The molecule has 2 N–H and O–H groups in total. The Labute approximate surface area is 209 Å². The third-order valence-electron chi connectivity index (χ3n) is 4.99. The fraction of sp³-hybridized carbons (Fsp3) is 0.120. The molecule has 0 aliphatic heterocycles. The van der Waals surface area contributed by atoms with Crippen molar-refractivity contribution in [2.24, 2.45) is 0 Å². The molecule has 0 fully saturated rings. The van der Waals surface area contributed by atoms with E-state index in [-0.39, 0.29) is 18.1 Å². The average molecular weight is 512 g/mol. The molecule has 4 rings (SSSR count). The SMILES string of the molecule is Cc1ccccc1NC(=S)CC(=O)Nc1ccc(-c2ncn(-c3ccc(OC(F)(F)F)cc3)n2)cc1. The van der Waals surface area contributed by atoms with Crippen molar-refractivity contribution < 1.29 is 22.7 Å². The maximum absolute atomic E-state index is 12.4. The van der Waals surface area contributed by atoms with Crippen LogP contribution in [0.5, 0.6) is 5.75 Å². The van der Waals surface area contributed by atoms with Crippen LogP contribution in [0.15, 0.2) is 79.1 Å². The van der Waals surface area contributed by atoms with Gasteiger partial charge in [0.05, 0.1) is 17.1 Å². The number of ether oxygens (including phenoxy) is 1. The average Bonchev–Trinajstić information content (AvgIpc) is 3.31. The van der Waals surface area contributed by atoms with E-state index in [1.165, 1.54) is 35.3 Å². The van der Waals surface area contributed by atoms with Gasteiger partial charge in [-0.05, 0) is 67.1 Å². The smallest absolute Gasteiger partial charge is 0.406 e. The van der Waals surface area contributed by atoms with E-state index in [2.05, 4.69) is 25.5 Å². The predicted molar refractivity (Wildman–Crippen MR) is 134 cm³/mol. The number of thiocarbonyl (C=S) groups is 1. The number of anilines is 2. The Bertz CT molecular complexity index is 1370. The highest BCUT2D eigenvalue weighted by molar-refractivity contribution is 7.80. The Hall–Kier alpha value is -4.25. The molecule has 3 aromatic carbocycles. The molecule has 0 saturated carbocycles. The number of carbonyl (C=O) groups is 1. The fourth-order valence-electron chi connectivity index (χ4n) is 3.28. The van der Waals surface area contributed by atoms with Crippen molar-refractivity contribution in [3.63, 3.8) is 0 Å². The van der Waals surface area contributed by atoms with E-state index in [0.29, 0.717) is 27.8 Å². The molecule has 0 unspecified atom stereocenters. The van der Waals surface area contributed by atoms with Crippen molar-refractivity contribution in [2.45, 2.75) is 19.7 Å². The summed E-state index contributed by atoms with van der Waals surface area (Å²) in [5.74, 6) is -0.169. The lowest BCUT2D eigenvalue weighted by Crippen LogP contribution is -2.20. The zero-order valence-electron chi connectivity index (χ0n) is 18.9. The molecule has 0 saturated heterocycles. The highest BCUT2D eigenvalue weighted by Crippen LogP contribution is 2.24. The molecule has 0 bridgehead atoms. The molecule has 1 heterocycles. The van der Waals surface area contributed by atoms with Gasteiger partial charge in [0.15, 0.2) is 5.82 Å². The first-order valence-electron chi connectivity index (χ1n) is 10.7. The Kier molecular flexibility index (Phi) is 7.30. The van der Waals surface area contributed by atoms with Crippen molar-refractivity contribution in [3.8, 4) is 22.8 Å². The standard InChI is InChI=1S/C25H20F3N5O2S/c1-16-4-2-3-5-21(16)31-23(36)14-22(34)30-18-8-6-17(7-9-18)24-29-15-33(32-24)19-10-12-20(13-11-19)35-25(26,27)28/h2-13,15H,14H2,1H3,(H,30,34)(H,31,36). The van der Waals surface area contributed by atoms with E-state index < -0.39 is 6.36 Å². The van der Waals surface area contributed by atoms with Gasteiger partial charge in [-0.15, -0.1) is 18.3 Å². The number of carbonyl (C=O) groups excluding carboxylic acids is 1. The molecular formula is C25H20F3N5O2S. The van der Waals surface area contributed by atoms with Gasteiger partial charge < -0.3 is 15.4 Å². The van der Waals surface area contributed by atoms with Gasteiger partial charge in [0.1, 0.15) is 12.1 Å². The van der Waals surface area contributed by atoms with Gasteiger partial charge >= 0.3 is 6.36 Å². The number of nitrogens with one attached hydrogen (secondary N) is 2. The Morgan fingerprint density at radius 1 is 1.00 bits per heavy atom. The molecule has 36 heavy (non-hydrogen) atoms. The summed E-state index contributed by atoms with van der Waals surface area (Å²) < 4.78 is 42.3. The summed E-state index contributed by atoms with van der Waals surface area (Å²) in [7, 11) is 0. The van der Waals surface area contributed by atoms with Gasteiger partial charge in [-0.25, -0.2) is 9.67 Å². The fourth-order valence-corrected chi connectivity index (χ4v) is 3.52. The number of aromatic nitrogens is 3. The lowest BCUT2D eigenvalue weighted by atomic mass is 10.2. The molecule has 0 radical (unpaired) electrons. The van der Waals surface area contributed by atoms with Crippen molar-refractivity contribution in [1.29, 1.82) is 0 Å². The quantitative estimate of drug-likeness (QED) is 0.300. The summed E-state index contributed by atoms with van der Waals surface area (Å²) in [6.07, 6.45) is -3.27. The molecule has 7 nitrogen and oxygen atoms in total. The number of hydrogen-bond donors (Lipinski definition) is 2. The molecule has 1 amide bonds. The van der Waals surface area contributed by atoms with Gasteiger partial charge in [0, 0.05) is 16.9 Å². The summed E-state index contributed by atoms with van der Waals surface area (Å²) in [5.41, 5.74) is 3.68. The minimum atomic E-state index is -4.75. The number of aryl methyl sites for hydroxylation is 1. The number of benzene rings is 3. The van der Waals surface area contributed by atoms with Gasteiger partial charge in [-0.2, -0.15) is 0 Å². The highest BCUT2D eigenvalue weighted by Gasteiger charge is 2.31. The minimum absolute atomic E-state index is 0.0319. The van der Waals surface area contributed by atoms with Crippen LogP contribution in [0.3, 0.4) is 0 Å². The van der Waals surface area contributed by atoms with Crippen LogP contribution in [-0.4, -0.2) is 32.0 Å². The molecule has 0 spiro atoms. The predicted octanol–water partition coefficient (Wildman–Crippen LogP) is 5.91. The minimum Gasteiger partial charge on any atom is -0.406 e. The van der Waals surface area contributed by atoms with Crippen molar-refractivity contribution in [2.75, 3.05) is 10.6 Å². The highest BCUT2D eigenvalue weighted by atomic mass is 32.1. The molecule has 184 valence electrons. The summed E-state index contributed by atoms with van der Waals surface area (Å²) in [4.78, 5) is 17.0. The molecule has 0 aliphatic rings. The second-order valence-electron chi connectivity index (χ2n) is 7.72. The first-order valence-corrected chi connectivity index (χ1v) is 11.1. The maximum atomic E-state index is 12.4. The Morgan fingerprint density at radius 3 is 2.36 bits per heavy atom. The van der Waals surface area contributed by atoms with E-state index in [9.17, 15) is 18.0 Å². The van der Waals surface area contributed by atoms with E-state index in [1.807, 2.05) is 31.2 Å². The van der Waals surface area contributed by atoms with Crippen molar-refractivity contribution in [3.05, 3.63) is 84.7 Å². The third-order valence-corrected chi connectivity index (χ3v) is 5.24. The van der Waals surface area contributed by atoms with Crippen LogP contribution in [0.2, 0.25) is 0 Å². The van der Waals surface area contributed by atoms with Gasteiger partial charge in [-0.1, -0.05) is 30.4 Å².